The molecule has 138 valence electrons. The Morgan fingerprint density at radius 3 is 2.67 bits per heavy atom. The van der Waals surface area contributed by atoms with Gasteiger partial charge < -0.3 is 15.4 Å². The third-order valence-electron chi connectivity index (χ3n) is 4.08. The number of hydrogen-bond acceptors (Lipinski definition) is 5. The molecule has 0 spiro atoms. The van der Waals surface area contributed by atoms with Crippen LogP contribution < -0.4 is 15.4 Å². The van der Waals surface area contributed by atoms with Crippen LogP contribution in [0.5, 0.6) is 5.75 Å². The average Bonchev–Trinajstić information content (AvgIpc) is 2.73. The number of carbonyl (C=O) groups is 1. The standard InChI is InChI=1S/C21H22N4O2/c1-27-19-4-2-3-16(13-19)9-12-23-20-6-5-18(15-24-20)21(26)25-14-17-7-10-22-11-8-17/h2-8,10-11,13,15H,9,12,14H2,1H3,(H,23,24)(H,25,26). The van der Waals surface area contributed by atoms with E-state index in [0.717, 1.165) is 30.1 Å². The van der Waals surface area contributed by atoms with E-state index < -0.39 is 0 Å². The van der Waals surface area contributed by atoms with Gasteiger partial charge in [-0.3, -0.25) is 9.78 Å². The van der Waals surface area contributed by atoms with Gasteiger partial charge in [0.15, 0.2) is 0 Å². The van der Waals surface area contributed by atoms with Crippen molar-refractivity contribution in [2.75, 3.05) is 19.0 Å². The quantitative estimate of drug-likeness (QED) is 0.644. The van der Waals surface area contributed by atoms with Crippen molar-refractivity contribution in [1.82, 2.24) is 15.3 Å². The molecule has 0 unspecified atom stereocenters. The van der Waals surface area contributed by atoms with Gasteiger partial charge in [0.1, 0.15) is 11.6 Å². The average molecular weight is 362 g/mol. The molecule has 3 aromatic rings. The highest BCUT2D eigenvalue weighted by Crippen LogP contribution is 2.13. The maximum atomic E-state index is 12.2. The van der Waals surface area contributed by atoms with Crippen LogP contribution in [-0.2, 0) is 13.0 Å². The number of aromatic nitrogens is 2. The first kappa shape index (κ1) is 18.4. The highest BCUT2D eigenvalue weighted by Gasteiger charge is 2.06. The van der Waals surface area contributed by atoms with E-state index in [2.05, 4.69) is 26.7 Å². The molecule has 0 saturated heterocycles. The molecule has 3 rings (SSSR count). The fraction of sp³-hybridized carbons (Fsp3) is 0.190. The number of carbonyl (C=O) groups excluding carboxylic acids is 1. The second kappa shape index (κ2) is 9.33. The SMILES string of the molecule is COc1cccc(CCNc2ccc(C(=O)NCc3ccncc3)cn2)c1. The summed E-state index contributed by atoms with van der Waals surface area (Å²) in [6, 6.07) is 15.3. The predicted octanol–water partition coefficient (Wildman–Crippen LogP) is 3.07. The van der Waals surface area contributed by atoms with Gasteiger partial charge in [0.2, 0.25) is 0 Å². The Morgan fingerprint density at radius 2 is 1.93 bits per heavy atom. The van der Waals surface area contributed by atoms with E-state index in [4.69, 9.17) is 4.74 Å². The Hall–Kier alpha value is -3.41. The second-order valence-electron chi connectivity index (χ2n) is 6.00. The zero-order valence-electron chi connectivity index (χ0n) is 15.2. The van der Waals surface area contributed by atoms with Crippen LogP contribution in [-0.4, -0.2) is 29.5 Å². The van der Waals surface area contributed by atoms with Crippen LogP contribution in [0.4, 0.5) is 5.82 Å². The van der Waals surface area contributed by atoms with Crippen LogP contribution in [0.25, 0.3) is 0 Å². The third-order valence-corrected chi connectivity index (χ3v) is 4.08. The van der Waals surface area contributed by atoms with Gasteiger partial charge in [-0.1, -0.05) is 12.1 Å². The summed E-state index contributed by atoms with van der Waals surface area (Å²) in [5, 5.41) is 6.14. The molecule has 0 aliphatic carbocycles. The summed E-state index contributed by atoms with van der Waals surface area (Å²) in [5.41, 5.74) is 2.72. The molecule has 0 fully saturated rings. The molecule has 6 nitrogen and oxygen atoms in total. The number of rotatable bonds is 8. The van der Waals surface area contributed by atoms with Crippen molar-refractivity contribution in [3.05, 3.63) is 83.8 Å². The largest absolute Gasteiger partial charge is 0.497 e. The zero-order chi connectivity index (χ0) is 18.9. The lowest BCUT2D eigenvalue weighted by Gasteiger charge is -2.08. The first-order valence-electron chi connectivity index (χ1n) is 8.74. The lowest BCUT2D eigenvalue weighted by atomic mass is 10.1. The molecule has 2 heterocycles. The fourth-order valence-corrected chi connectivity index (χ4v) is 2.58. The highest BCUT2D eigenvalue weighted by molar-refractivity contribution is 5.93. The van der Waals surface area contributed by atoms with Crippen LogP contribution in [0, 0.1) is 0 Å². The van der Waals surface area contributed by atoms with Crippen molar-refractivity contribution in [1.29, 1.82) is 0 Å². The van der Waals surface area contributed by atoms with Gasteiger partial charge in [-0.25, -0.2) is 4.98 Å². The van der Waals surface area contributed by atoms with Gasteiger partial charge >= 0.3 is 0 Å². The summed E-state index contributed by atoms with van der Waals surface area (Å²) in [6.07, 6.45) is 5.84. The number of methoxy groups -OCH3 is 1. The van der Waals surface area contributed by atoms with E-state index in [0.29, 0.717) is 12.1 Å². The molecule has 2 aromatic heterocycles. The van der Waals surface area contributed by atoms with Crippen molar-refractivity contribution in [2.45, 2.75) is 13.0 Å². The molecule has 2 N–H and O–H groups in total. The first-order chi connectivity index (χ1) is 13.2. The van der Waals surface area contributed by atoms with Gasteiger partial charge in [-0.05, 0) is 53.9 Å². The van der Waals surface area contributed by atoms with Crippen molar-refractivity contribution < 1.29 is 9.53 Å². The van der Waals surface area contributed by atoms with Crippen molar-refractivity contribution in [3.63, 3.8) is 0 Å². The molecule has 1 amide bonds. The predicted molar refractivity (Wildman–Crippen MR) is 105 cm³/mol. The number of benzene rings is 1. The highest BCUT2D eigenvalue weighted by atomic mass is 16.5. The summed E-state index contributed by atoms with van der Waals surface area (Å²) in [4.78, 5) is 20.5. The van der Waals surface area contributed by atoms with Crippen LogP contribution in [0.3, 0.4) is 0 Å². The maximum Gasteiger partial charge on any atom is 0.253 e. The minimum absolute atomic E-state index is 0.151. The van der Waals surface area contributed by atoms with Crippen molar-refractivity contribution in [2.24, 2.45) is 0 Å². The summed E-state index contributed by atoms with van der Waals surface area (Å²) < 4.78 is 5.23. The van der Waals surface area contributed by atoms with Gasteiger partial charge in [0.25, 0.3) is 5.91 Å². The minimum Gasteiger partial charge on any atom is -0.497 e. The molecule has 0 aliphatic heterocycles. The molecule has 0 atom stereocenters. The van der Waals surface area contributed by atoms with Gasteiger partial charge in [0.05, 0.1) is 12.7 Å². The number of nitrogens with zero attached hydrogens (tertiary/aromatic N) is 2. The summed E-state index contributed by atoms with van der Waals surface area (Å²) >= 11 is 0. The number of nitrogens with one attached hydrogen (secondary N) is 2. The smallest absolute Gasteiger partial charge is 0.253 e. The second-order valence-corrected chi connectivity index (χ2v) is 6.00. The van der Waals surface area contributed by atoms with Gasteiger partial charge in [-0.15, -0.1) is 0 Å². The Morgan fingerprint density at radius 1 is 1.07 bits per heavy atom. The minimum atomic E-state index is -0.151. The molecule has 0 saturated carbocycles. The zero-order valence-corrected chi connectivity index (χ0v) is 15.2. The summed E-state index contributed by atoms with van der Waals surface area (Å²) in [6.45, 7) is 1.20. The molecular formula is C21H22N4O2. The van der Waals surface area contributed by atoms with E-state index in [1.807, 2.05) is 36.4 Å². The van der Waals surface area contributed by atoms with Gasteiger partial charge in [0, 0.05) is 31.7 Å². The number of hydrogen-bond donors (Lipinski definition) is 2. The molecule has 27 heavy (non-hydrogen) atoms. The third kappa shape index (κ3) is 5.54. The van der Waals surface area contributed by atoms with Crippen LogP contribution in [0.2, 0.25) is 0 Å². The van der Waals surface area contributed by atoms with E-state index in [9.17, 15) is 4.79 Å². The van der Waals surface area contributed by atoms with Gasteiger partial charge in [-0.2, -0.15) is 0 Å². The Balaban J connectivity index is 1.47. The van der Waals surface area contributed by atoms with E-state index in [1.165, 1.54) is 5.56 Å². The maximum absolute atomic E-state index is 12.2. The molecule has 6 heteroatoms. The number of anilines is 1. The van der Waals surface area contributed by atoms with E-state index >= 15 is 0 Å². The summed E-state index contributed by atoms with van der Waals surface area (Å²) in [5.74, 6) is 1.44. The lowest BCUT2D eigenvalue weighted by Crippen LogP contribution is -2.23. The van der Waals surface area contributed by atoms with Crippen molar-refractivity contribution in [3.8, 4) is 5.75 Å². The Bertz CT molecular complexity index is 867. The lowest BCUT2D eigenvalue weighted by molar-refractivity contribution is 0.0950. The summed E-state index contributed by atoms with van der Waals surface area (Å²) in [7, 11) is 1.66. The number of pyridine rings is 2. The molecule has 0 aliphatic rings. The van der Waals surface area contributed by atoms with E-state index in [1.54, 1.807) is 31.8 Å². The Kier molecular flexibility index (Phi) is 6.35. The van der Waals surface area contributed by atoms with Crippen LogP contribution in [0.1, 0.15) is 21.5 Å². The van der Waals surface area contributed by atoms with Crippen LogP contribution >= 0.6 is 0 Å². The van der Waals surface area contributed by atoms with E-state index in [-0.39, 0.29) is 5.91 Å². The monoisotopic (exact) mass is 362 g/mol. The molecule has 0 bridgehead atoms. The molecule has 1 aromatic carbocycles. The Labute approximate surface area is 158 Å². The number of ether oxygens (including phenoxy) is 1. The first-order valence-corrected chi connectivity index (χ1v) is 8.74. The molecule has 0 radical (unpaired) electrons. The number of amides is 1. The normalized spacial score (nSPS) is 10.3. The van der Waals surface area contributed by atoms with Crippen molar-refractivity contribution >= 4 is 11.7 Å². The van der Waals surface area contributed by atoms with Crippen LogP contribution in [0.15, 0.2) is 67.1 Å². The topological polar surface area (TPSA) is 76.1 Å². The molecular weight excluding hydrogens is 340 g/mol. The fourth-order valence-electron chi connectivity index (χ4n) is 2.58.